The molecule has 2 rings (SSSR count). The first-order valence-corrected chi connectivity index (χ1v) is 6.03. The van der Waals surface area contributed by atoms with Crippen LogP contribution in [0.4, 0.5) is 0 Å². The summed E-state index contributed by atoms with van der Waals surface area (Å²) in [5, 5.41) is 9.17. The third-order valence-corrected chi connectivity index (χ3v) is 3.47. The predicted molar refractivity (Wildman–Crippen MR) is 66.7 cm³/mol. The van der Waals surface area contributed by atoms with Crippen molar-refractivity contribution >= 4 is 29.1 Å². The highest BCUT2D eigenvalue weighted by Crippen LogP contribution is 2.51. The van der Waals surface area contributed by atoms with Crippen molar-refractivity contribution in [1.29, 1.82) is 5.41 Å². The smallest absolute Gasteiger partial charge is 0.191 e. The minimum absolute atomic E-state index is 0.294. The molecule has 0 aromatic heterocycles. The van der Waals surface area contributed by atoms with Crippen LogP contribution in [0.5, 0.6) is 0 Å². The summed E-state index contributed by atoms with van der Waals surface area (Å²) in [6.45, 7) is 2.40. The van der Waals surface area contributed by atoms with Crippen molar-refractivity contribution < 1.29 is 4.74 Å². The highest BCUT2D eigenvalue weighted by molar-refractivity contribution is 6.35. The maximum atomic E-state index is 7.93. The lowest BCUT2D eigenvalue weighted by Crippen LogP contribution is -2.22. The van der Waals surface area contributed by atoms with Gasteiger partial charge < -0.3 is 4.74 Å². The second-order valence-corrected chi connectivity index (χ2v) is 4.81. The van der Waals surface area contributed by atoms with Crippen molar-refractivity contribution in [3.05, 3.63) is 33.8 Å². The van der Waals surface area contributed by atoms with E-state index in [0.29, 0.717) is 22.5 Å². The molecule has 0 saturated heterocycles. The third kappa shape index (κ3) is 1.92. The number of hydrogen-bond donors (Lipinski definition) is 1. The summed E-state index contributed by atoms with van der Waals surface area (Å²) in [7, 11) is 0. The van der Waals surface area contributed by atoms with E-state index in [0.717, 1.165) is 18.4 Å². The van der Waals surface area contributed by atoms with Gasteiger partial charge in [-0.15, -0.1) is 0 Å². The van der Waals surface area contributed by atoms with E-state index in [9.17, 15) is 0 Å². The first-order chi connectivity index (χ1) is 7.60. The molecule has 1 saturated carbocycles. The van der Waals surface area contributed by atoms with Gasteiger partial charge in [-0.3, -0.25) is 5.41 Å². The van der Waals surface area contributed by atoms with Crippen LogP contribution >= 0.6 is 23.2 Å². The van der Waals surface area contributed by atoms with Crippen LogP contribution in [0, 0.1) is 5.41 Å². The number of halogens is 2. The Hall–Kier alpha value is -0.730. The average molecular weight is 258 g/mol. The van der Waals surface area contributed by atoms with Gasteiger partial charge in [0.25, 0.3) is 0 Å². The SMILES string of the molecule is CCOC(=N)C1(c2ccc(Cl)cc2Cl)CC1. The molecule has 1 aromatic rings. The molecule has 0 unspecified atom stereocenters. The van der Waals surface area contributed by atoms with E-state index in [1.54, 1.807) is 6.07 Å². The molecule has 1 N–H and O–H groups in total. The number of rotatable bonds is 3. The molecule has 1 aromatic carbocycles. The van der Waals surface area contributed by atoms with Gasteiger partial charge in [0.15, 0.2) is 5.90 Å². The summed E-state index contributed by atoms with van der Waals surface area (Å²) >= 11 is 12.0. The third-order valence-electron chi connectivity index (χ3n) is 2.92. The molecule has 0 bridgehead atoms. The fraction of sp³-hybridized carbons (Fsp3) is 0.417. The molecule has 0 radical (unpaired) electrons. The van der Waals surface area contributed by atoms with E-state index in [4.69, 9.17) is 33.3 Å². The van der Waals surface area contributed by atoms with Crippen molar-refractivity contribution in [2.45, 2.75) is 25.2 Å². The van der Waals surface area contributed by atoms with Crippen molar-refractivity contribution in [1.82, 2.24) is 0 Å². The highest BCUT2D eigenvalue weighted by Gasteiger charge is 2.51. The lowest BCUT2D eigenvalue weighted by molar-refractivity contribution is 0.305. The summed E-state index contributed by atoms with van der Waals surface area (Å²) in [4.78, 5) is 0. The molecule has 0 aliphatic heterocycles. The van der Waals surface area contributed by atoms with Gasteiger partial charge in [-0.2, -0.15) is 0 Å². The fourth-order valence-electron chi connectivity index (χ4n) is 1.90. The van der Waals surface area contributed by atoms with E-state index in [1.807, 2.05) is 19.1 Å². The molecule has 0 spiro atoms. The van der Waals surface area contributed by atoms with E-state index in [-0.39, 0.29) is 5.41 Å². The van der Waals surface area contributed by atoms with Crippen LogP contribution in [0.25, 0.3) is 0 Å². The zero-order chi connectivity index (χ0) is 11.8. The summed E-state index contributed by atoms with van der Waals surface area (Å²) < 4.78 is 5.30. The van der Waals surface area contributed by atoms with Gasteiger partial charge in [0.2, 0.25) is 0 Å². The minimum Gasteiger partial charge on any atom is -0.481 e. The maximum absolute atomic E-state index is 7.93. The summed E-state index contributed by atoms with van der Waals surface area (Å²) in [6, 6.07) is 5.42. The molecule has 1 aliphatic carbocycles. The average Bonchev–Trinajstić information content (AvgIpc) is 2.99. The number of ether oxygens (including phenoxy) is 1. The molecule has 2 nitrogen and oxygen atoms in total. The molecule has 86 valence electrons. The van der Waals surface area contributed by atoms with Crippen molar-refractivity contribution in [2.24, 2.45) is 0 Å². The van der Waals surface area contributed by atoms with Crippen molar-refractivity contribution in [3.8, 4) is 0 Å². The summed E-state index contributed by atoms with van der Waals surface area (Å²) in [5.41, 5.74) is 0.662. The normalized spacial score (nSPS) is 16.9. The van der Waals surface area contributed by atoms with Gasteiger partial charge in [0.05, 0.1) is 12.0 Å². The largest absolute Gasteiger partial charge is 0.481 e. The van der Waals surface area contributed by atoms with Crippen molar-refractivity contribution in [3.63, 3.8) is 0 Å². The molecule has 0 atom stereocenters. The van der Waals surface area contributed by atoms with Crippen molar-refractivity contribution in [2.75, 3.05) is 6.61 Å². The Morgan fingerprint density at radius 1 is 1.44 bits per heavy atom. The lowest BCUT2D eigenvalue weighted by atomic mass is 9.95. The standard InChI is InChI=1S/C12H13Cl2NO/c1-2-16-11(15)12(5-6-12)9-4-3-8(13)7-10(9)14/h3-4,7,15H,2,5-6H2,1H3. The number of nitrogens with one attached hydrogen (secondary N) is 1. The topological polar surface area (TPSA) is 33.1 Å². The van der Waals surface area contributed by atoms with Crippen LogP contribution in [0.2, 0.25) is 10.0 Å². The van der Waals surface area contributed by atoms with Gasteiger partial charge in [0.1, 0.15) is 0 Å². The molecule has 16 heavy (non-hydrogen) atoms. The molecule has 1 aliphatic rings. The van der Waals surface area contributed by atoms with Gasteiger partial charge in [0, 0.05) is 10.0 Å². The predicted octanol–water partition coefficient (Wildman–Crippen LogP) is 4.04. The monoisotopic (exact) mass is 257 g/mol. The van der Waals surface area contributed by atoms with Crippen LogP contribution in [0.15, 0.2) is 18.2 Å². The second-order valence-electron chi connectivity index (χ2n) is 3.97. The molecular weight excluding hydrogens is 245 g/mol. The van der Waals surface area contributed by atoms with Crippen LogP contribution in [-0.2, 0) is 10.2 Å². The Balaban J connectivity index is 2.33. The maximum Gasteiger partial charge on any atom is 0.191 e. The first kappa shape index (κ1) is 11.7. The number of hydrogen-bond acceptors (Lipinski definition) is 2. The van der Waals surface area contributed by atoms with E-state index < -0.39 is 0 Å². The molecule has 0 amide bonds. The second kappa shape index (κ2) is 4.27. The Morgan fingerprint density at radius 3 is 2.62 bits per heavy atom. The van der Waals surface area contributed by atoms with Crippen LogP contribution in [0.3, 0.4) is 0 Å². The van der Waals surface area contributed by atoms with Crippen LogP contribution in [0.1, 0.15) is 25.3 Å². The Kier molecular flexibility index (Phi) is 3.13. The van der Waals surface area contributed by atoms with Crippen LogP contribution in [-0.4, -0.2) is 12.5 Å². The Morgan fingerprint density at radius 2 is 2.12 bits per heavy atom. The number of benzene rings is 1. The van der Waals surface area contributed by atoms with Gasteiger partial charge in [-0.05, 0) is 37.5 Å². The zero-order valence-corrected chi connectivity index (χ0v) is 10.5. The summed E-state index contributed by atoms with van der Waals surface area (Å²) in [6.07, 6.45) is 1.85. The Labute approximate surface area is 105 Å². The van der Waals surface area contributed by atoms with Gasteiger partial charge in [-0.25, -0.2) is 0 Å². The van der Waals surface area contributed by atoms with E-state index in [1.165, 1.54) is 0 Å². The van der Waals surface area contributed by atoms with Gasteiger partial charge in [-0.1, -0.05) is 29.3 Å². The molecular formula is C12H13Cl2NO. The quantitative estimate of drug-likeness (QED) is 0.644. The van der Waals surface area contributed by atoms with Gasteiger partial charge >= 0.3 is 0 Å². The zero-order valence-electron chi connectivity index (χ0n) is 9.02. The molecule has 0 heterocycles. The van der Waals surface area contributed by atoms with Crippen LogP contribution < -0.4 is 0 Å². The summed E-state index contributed by atoms with van der Waals surface area (Å²) in [5.74, 6) is 0.319. The molecule has 4 heteroatoms. The highest BCUT2D eigenvalue weighted by atomic mass is 35.5. The first-order valence-electron chi connectivity index (χ1n) is 5.27. The molecule has 1 fully saturated rings. The van der Waals surface area contributed by atoms with E-state index in [2.05, 4.69) is 0 Å². The Bertz CT molecular complexity index is 427. The lowest BCUT2D eigenvalue weighted by Gasteiger charge is -2.18. The van der Waals surface area contributed by atoms with E-state index >= 15 is 0 Å². The fourth-order valence-corrected chi connectivity index (χ4v) is 2.49. The minimum atomic E-state index is -0.294.